The largest absolute Gasteiger partial charge is 0.486 e. The van der Waals surface area contributed by atoms with Crippen LogP contribution < -0.4 is 4.74 Å². The van der Waals surface area contributed by atoms with E-state index in [9.17, 15) is 4.39 Å². The summed E-state index contributed by atoms with van der Waals surface area (Å²) in [5.41, 5.74) is 1.34. The van der Waals surface area contributed by atoms with Crippen LogP contribution in [0.1, 0.15) is 11.1 Å². The molecule has 0 heterocycles. The SMILES string of the molecule is N#Cc1ccc(OC/C=C/c2ccccc2)c(F)c1. The lowest BCUT2D eigenvalue weighted by molar-refractivity contribution is 0.342. The van der Waals surface area contributed by atoms with Gasteiger partial charge in [-0.25, -0.2) is 4.39 Å². The predicted molar refractivity (Wildman–Crippen MR) is 72.1 cm³/mol. The number of nitrogens with zero attached hydrogens (tertiary/aromatic N) is 1. The molecule has 0 fully saturated rings. The second-order valence-electron chi connectivity index (χ2n) is 3.88. The van der Waals surface area contributed by atoms with E-state index < -0.39 is 5.82 Å². The van der Waals surface area contributed by atoms with Gasteiger partial charge in [-0.1, -0.05) is 36.4 Å². The van der Waals surface area contributed by atoms with Crippen molar-refractivity contribution < 1.29 is 9.13 Å². The van der Waals surface area contributed by atoms with Gasteiger partial charge in [0.2, 0.25) is 0 Å². The number of hydrogen-bond acceptors (Lipinski definition) is 2. The van der Waals surface area contributed by atoms with Crippen molar-refractivity contribution in [1.29, 1.82) is 5.26 Å². The van der Waals surface area contributed by atoms with Gasteiger partial charge in [0.1, 0.15) is 6.61 Å². The number of benzene rings is 2. The number of rotatable bonds is 4. The van der Waals surface area contributed by atoms with Crippen LogP contribution in [0, 0.1) is 17.1 Å². The summed E-state index contributed by atoms with van der Waals surface area (Å²) >= 11 is 0. The fourth-order valence-corrected chi connectivity index (χ4v) is 1.57. The highest BCUT2D eigenvalue weighted by atomic mass is 19.1. The van der Waals surface area contributed by atoms with Crippen molar-refractivity contribution in [3.05, 3.63) is 71.6 Å². The van der Waals surface area contributed by atoms with Crippen LogP contribution in [-0.2, 0) is 0 Å². The van der Waals surface area contributed by atoms with E-state index in [1.807, 2.05) is 48.6 Å². The summed E-state index contributed by atoms with van der Waals surface area (Å²) in [5, 5.41) is 8.62. The molecular formula is C16H12FNO. The molecule has 3 heteroatoms. The molecule has 0 saturated heterocycles. The lowest BCUT2D eigenvalue weighted by Crippen LogP contribution is -1.96. The quantitative estimate of drug-likeness (QED) is 0.830. The van der Waals surface area contributed by atoms with Crippen LogP contribution in [0.2, 0.25) is 0 Å². The van der Waals surface area contributed by atoms with Gasteiger partial charge in [-0.15, -0.1) is 0 Å². The van der Waals surface area contributed by atoms with Crippen LogP contribution in [0.5, 0.6) is 5.75 Å². The first-order valence-corrected chi connectivity index (χ1v) is 5.83. The molecule has 2 nitrogen and oxygen atoms in total. The third-order valence-corrected chi connectivity index (χ3v) is 2.51. The molecule has 0 amide bonds. The Labute approximate surface area is 111 Å². The Morgan fingerprint density at radius 2 is 1.95 bits per heavy atom. The molecule has 2 rings (SSSR count). The first-order valence-electron chi connectivity index (χ1n) is 5.83. The fraction of sp³-hybridized carbons (Fsp3) is 0.0625. The summed E-state index contributed by atoms with van der Waals surface area (Å²) in [4.78, 5) is 0. The fourth-order valence-electron chi connectivity index (χ4n) is 1.57. The van der Waals surface area contributed by atoms with Gasteiger partial charge < -0.3 is 4.74 Å². The normalized spacial score (nSPS) is 10.3. The molecule has 0 aromatic heterocycles. The van der Waals surface area contributed by atoms with Crippen LogP contribution in [-0.4, -0.2) is 6.61 Å². The lowest BCUT2D eigenvalue weighted by atomic mass is 10.2. The third-order valence-electron chi connectivity index (χ3n) is 2.51. The van der Waals surface area contributed by atoms with E-state index in [2.05, 4.69) is 0 Å². The molecule has 0 unspecified atom stereocenters. The molecule has 0 N–H and O–H groups in total. The number of halogens is 1. The molecule has 0 aliphatic heterocycles. The zero-order chi connectivity index (χ0) is 13.5. The first kappa shape index (κ1) is 12.8. The molecule has 19 heavy (non-hydrogen) atoms. The molecule has 0 aliphatic rings. The van der Waals surface area contributed by atoms with Gasteiger partial charge in [0.05, 0.1) is 11.6 Å². The maximum Gasteiger partial charge on any atom is 0.166 e. The topological polar surface area (TPSA) is 33.0 Å². The monoisotopic (exact) mass is 253 g/mol. The first-order chi connectivity index (χ1) is 9.29. The zero-order valence-corrected chi connectivity index (χ0v) is 10.2. The second kappa shape index (κ2) is 6.36. The van der Waals surface area contributed by atoms with E-state index in [1.165, 1.54) is 12.1 Å². The molecule has 2 aromatic rings. The van der Waals surface area contributed by atoms with Gasteiger partial charge in [0.15, 0.2) is 11.6 Å². The van der Waals surface area contributed by atoms with E-state index in [4.69, 9.17) is 10.00 Å². The van der Waals surface area contributed by atoms with Gasteiger partial charge in [-0.3, -0.25) is 0 Å². The Hall–Kier alpha value is -2.60. The highest BCUT2D eigenvalue weighted by Crippen LogP contribution is 2.17. The second-order valence-corrected chi connectivity index (χ2v) is 3.88. The Bertz CT molecular complexity index is 614. The highest BCUT2D eigenvalue weighted by Gasteiger charge is 2.03. The molecule has 2 aromatic carbocycles. The minimum Gasteiger partial charge on any atom is -0.486 e. The van der Waals surface area contributed by atoms with Gasteiger partial charge in [-0.05, 0) is 29.8 Å². The molecule has 94 valence electrons. The summed E-state index contributed by atoms with van der Waals surface area (Å²) in [5.74, 6) is -0.371. The summed E-state index contributed by atoms with van der Waals surface area (Å²) < 4.78 is 18.8. The third kappa shape index (κ3) is 3.68. The van der Waals surface area contributed by atoms with Crippen molar-refractivity contribution in [1.82, 2.24) is 0 Å². The molecule has 0 atom stereocenters. The number of hydrogen-bond donors (Lipinski definition) is 0. The van der Waals surface area contributed by atoms with Crippen molar-refractivity contribution in [2.45, 2.75) is 0 Å². The van der Waals surface area contributed by atoms with Gasteiger partial charge >= 0.3 is 0 Å². The molecule has 0 saturated carbocycles. The Kier molecular flexibility index (Phi) is 4.30. The smallest absolute Gasteiger partial charge is 0.166 e. The zero-order valence-electron chi connectivity index (χ0n) is 10.2. The van der Waals surface area contributed by atoms with Crippen LogP contribution in [0.3, 0.4) is 0 Å². The average Bonchev–Trinajstić information content (AvgIpc) is 2.46. The van der Waals surface area contributed by atoms with Crippen LogP contribution in [0.25, 0.3) is 6.08 Å². The molecule has 0 spiro atoms. The van der Waals surface area contributed by atoms with Gasteiger partial charge in [-0.2, -0.15) is 5.26 Å². The van der Waals surface area contributed by atoms with Crippen molar-refractivity contribution in [3.63, 3.8) is 0 Å². The average molecular weight is 253 g/mol. The summed E-state index contributed by atoms with van der Waals surface area (Å²) in [7, 11) is 0. The minimum atomic E-state index is -0.521. The van der Waals surface area contributed by atoms with Gasteiger partial charge in [0, 0.05) is 0 Å². The van der Waals surface area contributed by atoms with Crippen molar-refractivity contribution in [2.75, 3.05) is 6.61 Å². The van der Waals surface area contributed by atoms with Crippen molar-refractivity contribution in [3.8, 4) is 11.8 Å². The van der Waals surface area contributed by atoms with Gasteiger partial charge in [0.25, 0.3) is 0 Å². The minimum absolute atomic E-state index is 0.150. The summed E-state index contributed by atoms with van der Waals surface area (Å²) in [6, 6.07) is 15.8. The van der Waals surface area contributed by atoms with Crippen LogP contribution >= 0.6 is 0 Å². The van der Waals surface area contributed by atoms with E-state index in [0.29, 0.717) is 0 Å². The molecule has 0 radical (unpaired) electrons. The van der Waals surface area contributed by atoms with E-state index in [1.54, 1.807) is 0 Å². The molecule has 0 bridgehead atoms. The maximum atomic E-state index is 13.5. The van der Waals surface area contributed by atoms with Crippen molar-refractivity contribution >= 4 is 6.08 Å². The summed E-state index contributed by atoms with van der Waals surface area (Å²) in [6.45, 7) is 0.276. The van der Waals surface area contributed by atoms with Crippen LogP contribution in [0.4, 0.5) is 4.39 Å². The van der Waals surface area contributed by atoms with Crippen molar-refractivity contribution in [2.24, 2.45) is 0 Å². The van der Waals surface area contributed by atoms with E-state index in [0.717, 1.165) is 11.6 Å². The standard InChI is InChI=1S/C16H12FNO/c17-15-11-14(12-18)8-9-16(15)19-10-4-7-13-5-2-1-3-6-13/h1-9,11H,10H2/b7-4+. The Morgan fingerprint density at radius 3 is 2.63 bits per heavy atom. The molecular weight excluding hydrogens is 241 g/mol. The number of nitriles is 1. The predicted octanol–water partition coefficient (Wildman–Crippen LogP) is 3.79. The Balaban J connectivity index is 1.93. The maximum absolute atomic E-state index is 13.5. The molecule has 0 aliphatic carbocycles. The number of ether oxygens (including phenoxy) is 1. The summed E-state index contributed by atoms with van der Waals surface area (Å²) in [6.07, 6.45) is 3.72. The van der Waals surface area contributed by atoms with E-state index in [-0.39, 0.29) is 17.9 Å². The van der Waals surface area contributed by atoms with E-state index >= 15 is 0 Å². The lowest BCUT2D eigenvalue weighted by Gasteiger charge is -2.04. The Morgan fingerprint density at radius 1 is 1.16 bits per heavy atom. The highest BCUT2D eigenvalue weighted by molar-refractivity contribution is 5.48. The van der Waals surface area contributed by atoms with Crippen LogP contribution in [0.15, 0.2) is 54.6 Å².